The number of nitrogens with zero attached hydrogens (tertiary/aromatic N) is 1. The molecule has 2 N–H and O–H groups in total. The van der Waals surface area contributed by atoms with Gasteiger partial charge in [0.25, 0.3) is 5.56 Å². The fraction of sp³-hybridized carbons (Fsp3) is 0.455. The lowest BCUT2D eigenvalue weighted by atomic mass is 10.1. The third-order valence-corrected chi connectivity index (χ3v) is 2.46. The molecule has 0 amide bonds. The van der Waals surface area contributed by atoms with Crippen molar-refractivity contribution in [2.45, 2.75) is 26.8 Å². The zero-order valence-corrected chi connectivity index (χ0v) is 9.36. The highest BCUT2D eigenvalue weighted by Gasteiger charge is 2.15. The Balaban J connectivity index is 3.34. The highest BCUT2D eigenvalue weighted by atomic mass is 16.4. The number of pyridine rings is 1. The molecule has 0 aliphatic heterocycles. The van der Waals surface area contributed by atoms with Gasteiger partial charge in [0.1, 0.15) is 5.56 Å². The van der Waals surface area contributed by atoms with Gasteiger partial charge in [0.05, 0.1) is 0 Å². The number of carboxylic acid groups (broad SMARTS) is 1. The van der Waals surface area contributed by atoms with Crippen molar-refractivity contribution in [3.8, 4) is 0 Å². The molecule has 0 aromatic carbocycles. The summed E-state index contributed by atoms with van der Waals surface area (Å²) in [7, 11) is 0. The number of aromatic carboxylic acids is 1. The zero-order valence-electron chi connectivity index (χ0n) is 9.36. The van der Waals surface area contributed by atoms with Crippen LogP contribution in [0.4, 0.5) is 0 Å². The van der Waals surface area contributed by atoms with Gasteiger partial charge in [0.15, 0.2) is 0 Å². The molecule has 5 nitrogen and oxygen atoms in total. The quantitative estimate of drug-likeness (QED) is 0.784. The Hall–Kier alpha value is -1.62. The van der Waals surface area contributed by atoms with Crippen molar-refractivity contribution < 1.29 is 15.0 Å². The second-order valence-electron chi connectivity index (χ2n) is 3.68. The van der Waals surface area contributed by atoms with Gasteiger partial charge in [0.2, 0.25) is 0 Å². The van der Waals surface area contributed by atoms with Crippen molar-refractivity contribution in [1.82, 2.24) is 4.57 Å². The molecule has 0 aliphatic rings. The van der Waals surface area contributed by atoms with Crippen LogP contribution in [-0.2, 0) is 6.54 Å². The normalized spacial score (nSPS) is 10.4. The van der Waals surface area contributed by atoms with Crippen molar-refractivity contribution in [2.24, 2.45) is 0 Å². The lowest BCUT2D eigenvalue weighted by Crippen LogP contribution is -2.29. The molecule has 0 bridgehead atoms. The first-order valence-corrected chi connectivity index (χ1v) is 5.04. The highest BCUT2D eigenvalue weighted by Crippen LogP contribution is 2.06. The molecule has 1 rings (SSSR count). The molecule has 1 aromatic rings. The molecule has 0 spiro atoms. The maximum absolute atomic E-state index is 11.9. The Morgan fingerprint density at radius 2 is 2.06 bits per heavy atom. The third-order valence-electron chi connectivity index (χ3n) is 2.46. The molecule has 1 heterocycles. The minimum absolute atomic E-state index is 0.0256. The van der Waals surface area contributed by atoms with Crippen LogP contribution in [0.5, 0.6) is 0 Å². The Bertz CT molecular complexity index is 462. The number of rotatable bonds is 4. The lowest BCUT2D eigenvalue weighted by Gasteiger charge is -2.11. The van der Waals surface area contributed by atoms with Crippen LogP contribution < -0.4 is 5.56 Å². The van der Waals surface area contributed by atoms with Crippen LogP contribution in [0.1, 0.15) is 28.0 Å². The van der Waals surface area contributed by atoms with Gasteiger partial charge in [-0.15, -0.1) is 0 Å². The number of aliphatic hydroxyl groups is 1. The number of hydrogen-bond donors (Lipinski definition) is 2. The summed E-state index contributed by atoms with van der Waals surface area (Å²) in [5, 5.41) is 17.6. The summed E-state index contributed by atoms with van der Waals surface area (Å²) in [6, 6.07) is 1.67. The average molecular weight is 225 g/mol. The lowest BCUT2D eigenvalue weighted by molar-refractivity contribution is 0.0693. The van der Waals surface area contributed by atoms with Gasteiger partial charge in [-0.25, -0.2) is 4.79 Å². The summed E-state index contributed by atoms with van der Waals surface area (Å²) in [6.45, 7) is 3.66. The SMILES string of the molecule is Cc1cc(C)n(CCCO)c(=O)c1C(=O)O. The number of aromatic nitrogens is 1. The predicted molar refractivity (Wildman–Crippen MR) is 58.8 cm³/mol. The van der Waals surface area contributed by atoms with E-state index < -0.39 is 11.5 Å². The van der Waals surface area contributed by atoms with E-state index in [1.54, 1.807) is 19.9 Å². The van der Waals surface area contributed by atoms with Crippen molar-refractivity contribution in [2.75, 3.05) is 6.61 Å². The third kappa shape index (κ3) is 2.30. The number of aliphatic hydroxyl groups excluding tert-OH is 1. The van der Waals surface area contributed by atoms with Crippen LogP contribution in [-0.4, -0.2) is 27.4 Å². The van der Waals surface area contributed by atoms with Crippen LogP contribution in [0.3, 0.4) is 0 Å². The van der Waals surface area contributed by atoms with Crippen LogP contribution >= 0.6 is 0 Å². The Morgan fingerprint density at radius 1 is 1.44 bits per heavy atom. The summed E-state index contributed by atoms with van der Waals surface area (Å²) >= 11 is 0. The van der Waals surface area contributed by atoms with Gasteiger partial charge in [-0.1, -0.05) is 0 Å². The van der Waals surface area contributed by atoms with Crippen LogP contribution in [0, 0.1) is 13.8 Å². The summed E-state index contributed by atoms with van der Waals surface area (Å²) in [6.07, 6.45) is 0.433. The zero-order chi connectivity index (χ0) is 12.3. The van der Waals surface area contributed by atoms with Gasteiger partial charge >= 0.3 is 5.97 Å². The topological polar surface area (TPSA) is 79.5 Å². The molecule has 0 aliphatic carbocycles. The molecule has 1 aromatic heterocycles. The molecule has 5 heteroatoms. The summed E-state index contributed by atoms with van der Waals surface area (Å²) in [5.41, 5.74) is 0.484. The fourth-order valence-corrected chi connectivity index (χ4v) is 1.69. The van der Waals surface area contributed by atoms with E-state index in [2.05, 4.69) is 0 Å². The smallest absolute Gasteiger partial charge is 0.341 e. The average Bonchev–Trinajstić information content (AvgIpc) is 2.16. The van der Waals surface area contributed by atoms with Gasteiger partial charge in [-0.05, 0) is 31.9 Å². The molecule has 16 heavy (non-hydrogen) atoms. The molecular weight excluding hydrogens is 210 g/mol. The monoisotopic (exact) mass is 225 g/mol. The standard InChI is InChI=1S/C11H15NO4/c1-7-6-8(2)12(4-3-5-13)10(14)9(7)11(15)16/h6,13H,3-5H2,1-2H3,(H,15,16). The Labute approximate surface area is 93.0 Å². The first kappa shape index (κ1) is 12.4. The molecule has 88 valence electrons. The summed E-state index contributed by atoms with van der Waals surface area (Å²) < 4.78 is 1.38. The van der Waals surface area contributed by atoms with E-state index in [1.807, 2.05) is 0 Å². The number of hydrogen-bond acceptors (Lipinski definition) is 3. The van der Waals surface area contributed by atoms with Crippen molar-refractivity contribution >= 4 is 5.97 Å². The molecule has 0 saturated heterocycles. The van der Waals surface area contributed by atoms with Crippen molar-refractivity contribution in [3.05, 3.63) is 33.2 Å². The highest BCUT2D eigenvalue weighted by molar-refractivity contribution is 5.88. The maximum atomic E-state index is 11.9. The molecular formula is C11H15NO4. The van der Waals surface area contributed by atoms with E-state index in [0.717, 1.165) is 0 Å². The molecule has 0 saturated carbocycles. The predicted octanol–water partition coefficient (Wildman–Crippen LogP) is 0.546. The number of carboxylic acids is 1. The second kappa shape index (κ2) is 4.94. The fourth-order valence-electron chi connectivity index (χ4n) is 1.69. The number of aryl methyl sites for hydroxylation is 2. The van der Waals surface area contributed by atoms with Crippen molar-refractivity contribution in [3.63, 3.8) is 0 Å². The Morgan fingerprint density at radius 3 is 2.56 bits per heavy atom. The van der Waals surface area contributed by atoms with E-state index in [1.165, 1.54) is 4.57 Å². The number of carbonyl (C=O) groups is 1. The second-order valence-corrected chi connectivity index (χ2v) is 3.68. The van der Waals surface area contributed by atoms with Crippen LogP contribution in [0.15, 0.2) is 10.9 Å². The largest absolute Gasteiger partial charge is 0.477 e. The van der Waals surface area contributed by atoms with Gasteiger partial charge in [-0.2, -0.15) is 0 Å². The molecule has 0 radical (unpaired) electrons. The van der Waals surface area contributed by atoms with E-state index >= 15 is 0 Å². The van der Waals surface area contributed by atoms with Gasteiger partial charge < -0.3 is 14.8 Å². The maximum Gasteiger partial charge on any atom is 0.341 e. The van der Waals surface area contributed by atoms with Crippen LogP contribution in [0.25, 0.3) is 0 Å². The first-order valence-electron chi connectivity index (χ1n) is 5.04. The molecule has 0 atom stereocenters. The van der Waals surface area contributed by atoms with Gasteiger partial charge in [-0.3, -0.25) is 4.79 Å². The van der Waals surface area contributed by atoms with Crippen molar-refractivity contribution in [1.29, 1.82) is 0 Å². The van der Waals surface area contributed by atoms with E-state index in [-0.39, 0.29) is 12.2 Å². The molecule has 0 fully saturated rings. The van der Waals surface area contributed by atoms with Gasteiger partial charge in [0, 0.05) is 18.8 Å². The van der Waals surface area contributed by atoms with E-state index in [0.29, 0.717) is 24.2 Å². The first-order chi connectivity index (χ1) is 7.49. The van der Waals surface area contributed by atoms with E-state index in [9.17, 15) is 9.59 Å². The van der Waals surface area contributed by atoms with Crippen LogP contribution in [0.2, 0.25) is 0 Å². The Kier molecular flexibility index (Phi) is 3.84. The summed E-state index contributed by atoms with van der Waals surface area (Å²) in [5.74, 6) is -1.21. The van der Waals surface area contributed by atoms with E-state index in [4.69, 9.17) is 10.2 Å². The minimum Gasteiger partial charge on any atom is -0.477 e. The summed E-state index contributed by atoms with van der Waals surface area (Å²) in [4.78, 5) is 22.8. The molecule has 0 unspecified atom stereocenters. The minimum atomic E-state index is -1.21.